The van der Waals surface area contributed by atoms with E-state index < -0.39 is 0 Å². The largest absolute Gasteiger partial charge is 0.396 e. The van der Waals surface area contributed by atoms with Crippen molar-refractivity contribution in [2.45, 2.75) is 79.1 Å². The molecular weight excluding hydrogens is 236 g/mol. The molecule has 0 saturated heterocycles. The highest BCUT2D eigenvalue weighted by atomic mass is 16.3. The van der Waals surface area contributed by atoms with Crippen molar-refractivity contribution in [2.24, 2.45) is 17.3 Å². The zero-order chi connectivity index (χ0) is 14.7. The fraction of sp³-hybridized carbons (Fsp3) is 1.00. The second kappa shape index (κ2) is 10.7. The molecule has 0 unspecified atom stereocenters. The molecule has 0 aliphatic heterocycles. The number of rotatable bonds is 12. The molecule has 0 radical (unpaired) electrons. The summed E-state index contributed by atoms with van der Waals surface area (Å²) in [6, 6.07) is 0. The van der Waals surface area contributed by atoms with E-state index in [4.69, 9.17) is 0 Å². The Balaban J connectivity index is 3.96. The zero-order valence-corrected chi connectivity index (χ0v) is 13.6. The van der Waals surface area contributed by atoms with Crippen molar-refractivity contribution in [1.29, 1.82) is 0 Å². The summed E-state index contributed by atoms with van der Waals surface area (Å²) in [4.78, 5) is 0. The second-order valence-corrected chi connectivity index (χ2v) is 7.10. The van der Waals surface area contributed by atoms with Crippen molar-refractivity contribution >= 4 is 0 Å². The van der Waals surface area contributed by atoms with Gasteiger partial charge in [-0.2, -0.15) is 0 Å². The quantitative estimate of drug-likeness (QED) is 0.517. The summed E-state index contributed by atoms with van der Waals surface area (Å²) in [6.45, 7) is 9.25. The third-order valence-electron chi connectivity index (χ3n) is 4.15. The summed E-state index contributed by atoms with van der Waals surface area (Å²) in [5.41, 5.74) is -0.228. The predicted molar refractivity (Wildman–Crippen MR) is 83.2 cm³/mol. The van der Waals surface area contributed by atoms with Crippen LogP contribution in [0.25, 0.3) is 0 Å². The fourth-order valence-electron chi connectivity index (χ4n) is 2.60. The minimum Gasteiger partial charge on any atom is -0.396 e. The van der Waals surface area contributed by atoms with Crippen LogP contribution in [0.5, 0.6) is 0 Å². The van der Waals surface area contributed by atoms with Crippen LogP contribution in [0.15, 0.2) is 0 Å². The monoisotopic (exact) mass is 272 g/mol. The van der Waals surface area contributed by atoms with Crippen LogP contribution in [-0.2, 0) is 0 Å². The van der Waals surface area contributed by atoms with Crippen LogP contribution in [0.3, 0.4) is 0 Å². The molecule has 2 nitrogen and oxygen atoms in total. The molecule has 0 aromatic heterocycles. The highest BCUT2D eigenvalue weighted by molar-refractivity contribution is 4.78. The summed E-state index contributed by atoms with van der Waals surface area (Å²) in [7, 11) is 0. The SMILES string of the molecule is CC(C)CCCCC(CO)(CO)CCCCC(C)C. The van der Waals surface area contributed by atoms with Crippen molar-refractivity contribution in [3.05, 3.63) is 0 Å². The van der Waals surface area contributed by atoms with Crippen molar-refractivity contribution < 1.29 is 10.2 Å². The van der Waals surface area contributed by atoms with Gasteiger partial charge in [-0.15, -0.1) is 0 Å². The number of hydrogen-bond donors (Lipinski definition) is 2. The molecule has 2 heteroatoms. The van der Waals surface area contributed by atoms with Crippen LogP contribution in [-0.4, -0.2) is 23.4 Å². The molecule has 0 fully saturated rings. The first-order chi connectivity index (χ1) is 8.95. The Morgan fingerprint density at radius 2 is 1.05 bits per heavy atom. The molecule has 2 N–H and O–H groups in total. The smallest absolute Gasteiger partial charge is 0.0509 e. The topological polar surface area (TPSA) is 40.5 Å². The lowest BCUT2D eigenvalue weighted by molar-refractivity contribution is 0.0350. The van der Waals surface area contributed by atoms with Gasteiger partial charge in [0.25, 0.3) is 0 Å². The maximum absolute atomic E-state index is 9.63. The molecule has 0 rings (SSSR count). The van der Waals surface area contributed by atoms with Gasteiger partial charge >= 0.3 is 0 Å². The van der Waals surface area contributed by atoms with Gasteiger partial charge in [-0.1, -0.05) is 66.2 Å². The minimum atomic E-state index is -0.228. The van der Waals surface area contributed by atoms with Gasteiger partial charge in [0.2, 0.25) is 0 Å². The zero-order valence-electron chi connectivity index (χ0n) is 13.6. The minimum absolute atomic E-state index is 0.132. The molecule has 19 heavy (non-hydrogen) atoms. The lowest BCUT2D eigenvalue weighted by atomic mass is 9.79. The maximum Gasteiger partial charge on any atom is 0.0509 e. The summed E-state index contributed by atoms with van der Waals surface area (Å²) in [6.07, 6.45) is 9.12. The van der Waals surface area contributed by atoms with Gasteiger partial charge in [-0.05, 0) is 24.7 Å². The van der Waals surface area contributed by atoms with Crippen LogP contribution in [0.1, 0.15) is 79.1 Å². The van der Waals surface area contributed by atoms with Crippen LogP contribution >= 0.6 is 0 Å². The standard InChI is InChI=1S/C17H36O2/c1-15(2)9-5-7-11-17(13-18,14-19)12-8-6-10-16(3)4/h15-16,18-19H,5-14H2,1-4H3. The molecule has 0 aromatic rings. The van der Waals surface area contributed by atoms with Gasteiger partial charge in [0.05, 0.1) is 13.2 Å². The molecule has 0 spiro atoms. The second-order valence-electron chi connectivity index (χ2n) is 7.10. The van der Waals surface area contributed by atoms with Gasteiger partial charge in [-0.3, -0.25) is 0 Å². The van der Waals surface area contributed by atoms with Crippen molar-refractivity contribution in [3.8, 4) is 0 Å². The molecule has 0 amide bonds. The Labute approximate surface area is 120 Å². The third kappa shape index (κ3) is 9.45. The normalized spacial score (nSPS) is 12.6. The number of aliphatic hydroxyl groups is 2. The molecule has 0 aliphatic carbocycles. The van der Waals surface area contributed by atoms with E-state index in [0.29, 0.717) is 0 Å². The molecule has 0 aliphatic rings. The number of aliphatic hydroxyl groups excluding tert-OH is 2. The van der Waals surface area contributed by atoms with E-state index >= 15 is 0 Å². The van der Waals surface area contributed by atoms with Crippen LogP contribution in [0.2, 0.25) is 0 Å². The highest BCUT2D eigenvalue weighted by Crippen LogP contribution is 2.31. The Kier molecular flexibility index (Phi) is 10.6. The van der Waals surface area contributed by atoms with Crippen LogP contribution in [0.4, 0.5) is 0 Å². The van der Waals surface area contributed by atoms with Gasteiger partial charge in [0.1, 0.15) is 0 Å². The van der Waals surface area contributed by atoms with E-state index in [1.807, 2.05) is 0 Å². The third-order valence-corrected chi connectivity index (χ3v) is 4.15. The van der Waals surface area contributed by atoms with E-state index in [9.17, 15) is 10.2 Å². The molecule has 0 heterocycles. The Hall–Kier alpha value is -0.0800. The van der Waals surface area contributed by atoms with Gasteiger partial charge < -0.3 is 10.2 Å². The Bertz CT molecular complexity index is 177. The van der Waals surface area contributed by atoms with Gasteiger partial charge in [0, 0.05) is 5.41 Å². The average Bonchev–Trinajstić information content (AvgIpc) is 2.37. The first-order valence-corrected chi connectivity index (χ1v) is 8.17. The van der Waals surface area contributed by atoms with E-state index in [-0.39, 0.29) is 18.6 Å². The van der Waals surface area contributed by atoms with E-state index in [1.165, 1.54) is 25.7 Å². The first kappa shape index (κ1) is 18.9. The predicted octanol–water partition coefficient (Wildman–Crippen LogP) is 4.39. The Morgan fingerprint density at radius 3 is 1.32 bits per heavy atom. The summed E-state index contributed by atoms with van der Waals surface area (Å²) in [5, 5.41) is 19.3. The summed E-state index contributed by atoms with van der Waals surface area (Å²) in [5.74, 6) is 1.51. The molecule has 0 bridgehead atoms. The van der Waals surface area contributed by atoms with E-state index in [1.54, 1.807) is 0 Å². The van der Waals surface area contributed by atoms with Gasteiger partial charge in [-0.25, -0.2) is 0 Å². The lowest BCUT2D eigenvalue weighted by Crippen LogP contribution is -2.30. The van der Waals surface area contributed by atoms with Crippen molar-refractivity contribution in [2.75, 3.05) is 13.2 Å². The van der Waals surface area contributed by atoms with Crippen molar-refractivity contribution in [3.63, 3.8) is 0 Å². The molecule has 116 valence electrons. The fourth-order valence-corrected chi connectivity index (χ4v) is 2.60. The summed E-state index contributed by atoms with van der Waals surface area (Å²) < 4.78 is 0. The molecule has 0 saturated carbocycles. The van der Waals surface area contributed by atoms with E-state index in [0.717, 1.165) is 37.5 Å². The first-order valence-electron chi connectivity index (χ1n) is 8.17. The molecular formula is C17H36O2. The Morgan fingerprint density at radius 1 is 0.684 bits per heavy atom. The average molecular weight is 272 g/mol. The number of unbranched alkanes of at least 4 members (excludes halogenated alkanes) is 2. The maximum atomic E-state index is 9.63. The van der Waals surface area contributed by atoms with E-state index in [2.05, 4.69) is 27.7 Å². The highest BCUT2D eigenvalue weighted by Gasteiger charge is 2.27. The number of hydrogen-bond acceptors (Lipinski definition) is 2. The van der Waals surface area contributed by atoms with Crippen molar-refractivity contribution in [1.82, 2.24) is 0 Å². The van der Waals surface area contributed by atoms with Crippen LogP contribution < -0.4 is 0 Å². The molecule has 0 aromatic carbocycles. The van der Waals surface area contributed by atoms with Crippen LogP contribution in [0, 0.1) is 17.3 Å². The lowest BCUT2D eigenvalue weighted by Gasteiger charge is -2.30. The molecule has 0 atom stereocenters. The summed E-state index contributed by atoms with van der Waals surface area (Å²) >= 11 is 0. The van der Waals surface area contributed by atoms with Gasteiger partial charge in [0.15, 0.2) is 0 Å².